The van der Waals surface area contributed by atoms with Crippen LogP contribution in [0.2, 0.25) is 0 Å². The van der Waals surface area contributed by atoms with Crippen molar-refractivity contribution in [1.29, 1.82) is 0 Å². The summed E-state index contributed by atoms with van der Waals surface area (Å²) >= 11 is 0. The van der Waals surface area contributed by atoms with Crippen LogP contribution in [0.1, 0.15) is 10.4 Å². The first kappa shape index (κ1) is 19.9. The van der Waals surface area contributed by atoms with Crippen molar-refractivity contribution in [2.45, 2.75) is 0 Å². The molecule has 0 amide bonds. The normalized spacial score (nSPS) is 10.3. The quantitative estimate of drug-likeness (QED) is 0.608. The molecular weight excluding hydrogens is 374 g/mol. The number of nitrogen functional groups attached to an aromatic ring is 1. The maximum absolute atomic E-state index is 11.4. The van der Waals surface area contributed by atoms with E-state index < -0.39 is 0 Å². The Bertz CT molecular complexity index is 1030. The van der Waals surface area contributed by atoms with Gasteiger partial charge in [-0.1, -0.05) is 6.07 Å². The predicted octanol–water partition coefficient (Wildman–Crippen LogP) is 3.24. The summed E-state index contributed by atoms with van der Waals surface area (Å²) in [6.07, 6.45) is 2.34. The van der Waals surface area contributed by atoms with Crippen molar-refractivity contribution in [3.8, 4) is 45.4 Å². The van der Waals surface area contributed by atoms with Crippen LogP contribution in [-0.2, 0) is 0 Å². The van der Waals surface area contributed by atoms with E-state index in [0.717, 1.165) is 11.8 Å². The minimum atomic E-state index is 0.113. The average Bonchev–Trinajstić information content (AvgIpc) is 2.77. The van der Waals surface area contributed by atoms with Crippen molar-refractivity contribution in [2.75, 3.05) is 34.2 Å². The molecule has 1 heterocycles. The third-order valence-corrected chi connectivity index (χ3v) is 4.41. The average molecular weight is 395 g/mol. The fourth-order valence-corrected chi connectivity index (χ4v) is 3.04. The molecule has 0 aliphatic carbocycles. The van der Waals surface area contributed by atoms with Gasteiger partial charge >= 0.3 is 0 Å². The maximum Gasteiger partial charge on any atom is 0.220 e. The van der Waals surface area contributed by atoms with Crippen LogP contribution in [0.5, 0.6) is 23.0 Å². The molecule has 0 aliphatic heterocycles. The summed E-state index contributed by atoms with van der Waals surface area (Å²) < 4.78 is 21.5. The summed E-state index contributed by atoms with van der Waals surface area (Å²) in [5.41, 5.74) is 8.93. The highest BCUT2D eigenvalue weighted by Gasteiger charge is 2.18. The number of rotatable bonds is 7. The summed E-state index contributed by atoms with van der Waals surface area (Å²) in [5, 5.41) is 0. The van der Waals surface area contributed by atoms with Crippen molar-refractivity contribution < 1.29 is 23.7 Å². The molecule has 0 fully saturated rings. The predicted molar refractivity (Wildman–Crippen MR) is 109 cm³/mol. The Hall–Kier alpha value is -3.81. The number of aldehydes is 1. The molecule has 1 aromatic heterocycles. The smallest absolute Gasteiger partial charge is 0.220 e. The first-order valence-corrected chi connectivity index (χ1v) is 8.62. The summed E-state index contributed by atoms with van der Waals surface area (Å²) in [6.45, 7) is 0. The van der Waals surface area contributed by atoms with Gasteiger partial charge in [-0.25, -0.2) is 9.97 Å². The van der Waals surface area contributed by atoms with Gasteiger partial charge in [0.2, 0.25) is 11.7 Å². The lowest BCUT2D eigenvalue weighted by Crippen LogP contribution is -2.01. The number of anilines is 1. The number of methoxy groups -OCH3 is 4. The van der Waals surface area contributed by atoms with Gasteiger partial charge in [-0.2, -0.15) is 0 Å². The van der Waals surface area contributed by atoms with E-state index in [1.807, 2.05) is 6.07 Å². The van der Waals surface area contributed by atoms with Crippen molar-refractivity contribution in [3.05, 3.63) is 42.1 Å². The second-order valence-electron chi connectivity index (χ2n) is 5.98. The van der Waals surface area contributed by atoms with E-state index in [0.29, 0.717) is 45.4 Å². The number of hydrogen-bond donors (Lipinski definition) is 1. The molecule has 0 atom stereocenters. The van der Waals surface area contributed by atoms with E-state index in [9.17, 15) is 4.79 Å². The van der Waals surface area contributed by atoms with Crippen LogP contribution in [0.15, 0.2) is 36.5 Å². The number of hydrogen-bond acceptors (Lipinski definition) is 8. The summed E-state index contributed by atoms with van der Waals surface area (Å²) in [6, 6.07) is 8.80. The number of aromatic nitrogens is 2. The molecule has 0 spiro atoms. The van der Waals surface area contributed by atoms with E-state index >= 15 is 0 Å². The monoisotopic (exact) mass is 395 g/mol. The van der Waals surface area contributed by atoms with Crippen molar-refractivity contribution in [2.24, 2.45) is 0 Å². The van der Waals surface area contributed by atoms with E-state index in [2.05, 4.69) is 9.97 Å². The Morgan fingerprint density at radius 2 is 1.52 bits per heavy atom. The van der Waals surface area contributed by atoms with Crippen molar-refractivity contribution in [3.63, 3.8) is 0 Å². The van der Waals surface area contributed by atoms with E-state index in [4.69, 9.17) is 24.7 Å². The van der Waals surface area contributed by atoms with Gasteiger partial charge in [0.1, 0.15) is 5.75 Å². The first-order chi connectivity index (χ1) is 14.1. The molecule has 0 radical (unpaired) electrons. The van der Waals surface area contributed by atoms with E-state index in [1.54, 1.807) is 30.5 Å². The molecule has 29 heavy (non-hydrogen) atoms. The zero-order chi connectivity index (χ0) is 21.0. The highest BCUT2D eigenvalue weighted by Crippen LogP contribution is 2.43. The van der Waals surface area contributed by atoms with Crippen LogP contribution >= 0.6 is 0 Å². The molecule has 0 saturated heterocycles. The number of carbonyl (C=O) groups excluding carboxylic acids is 1. The van der Waals surface area contributed by atoms with Gasteiger partial charge < -0.3 is 24.7 Å². The molecule has 0 aliphatic rings. The molecule has 0 bridgehead atoms. The highest BCUT2D eigenvalue weighted by molar-refractivity contribution is 5.87. The molecule has 3 aromatic rings. The Balaban J connectivity index is 2.25. The van der Waals surface area contributed by atoms with Crippen LogP contribution in [0, 0.1) is 0 Å². The molecule has 0 unspecified atom stereocenters. The lowest BCUT2D eigenvalue weighted by molar-refractivity contribution is 0.112. The fraction of sp³-hybridized carbons (Fsp3) is 0.190. The number of carbonyl (C=O) groups is 1. The van der Waals surface area contributed by atoms with Gasteiger partial charge in [0.25, 0.3) is 0 Å². The maximum atomic E-state index is 11.4. The van der Waals surface area contributed by atoms with Gasteiger partial charge in [0.05, 0.1) is 39.7 Å². The number of benzene rings is 2. The Kier molecular flexibility index (Phi) is 5.82. The van der Waals surface area contributed by atoms with Gasteiger partial charge in [0.15, 0.2) is 17.8 Å². The third kappa shape index (κ3) is 3.77. The van der Waals surface area contributed by atoms with Crippen molar-refractivity contribution in [1.82, 2.24) is 9.97 Å². The minimum absolute atomic E-state index is 0.113. The van der Waals surface area contributed by atoms with Crippen LogP contribution in [0.4, 0.5) is 5.95 Å². The van der Waals surface area contributed by atoms with Crippen LogP contribution in [-0.4, -0.2) is 44.7 Å². The lowest BCUT2D eigenvalue weighted by Gasteiger charge is -2.16. The summed E-state index contributed by atoms with van der Waals surface area (Å²) in [5.74, 6) is 2.02. The molecule has 2 N–H and O–H groups in total. The summed E-state index contributed by atoms with van der Waals surface area (Å²) in [7, 11) is 6.12. The van der Waals surface area contributed by atoms with Crippen LogP contribution in [0.25, 0.3) is 22.4 Å². The number of ether oxygens (including phenoxy) is 4. The zero-order valence-electron chi connectivity index (χ0n) is 16.6. The van der Waals surface area contributed by atoms with Crippen molar-refractivity contribution >= 4 is 12.2 Å². The molecule has 2 aromatic carbocycles. The summed E-state index contributed by atoms with van der Waals surface area (Å²) in [4.78, 5) is 20.0. The Morgan fingerprint density at radius 1 is 0.862 bits per heavy atom. The largest absolute Gasteiger partial charge is 0.496 e. The van der Waals surface area contributed by atoms with Crippen LogP contribution < -0.4 is 24.7 Å². The Morgan fingerprint density at radius 3 is 2.07 bits per heavy atom. The van der Waals surface area contributed by atoms with E-state index in [-0.39, 0.29) is 5.95 Å². The van der Waals surface area contributed by atoms with Gasteiger partial charge in [0, 0.05) is 17.3 Å². The highest BCUT2D eigenvalue weighted by atomic mass is 16.5. The third-order valence-electron chi connectivity index (χ3n) is 4.41. The first-order valence-electron chi connectivity index (χ1n) is 8.62. The Labute approximate surface area is 168 Å². The lowest BCUT2D eigenvalue weighted by atomic mass is 9.98. The SMILES string of the molecule is COc1ccc(-c2cnc(N)nc2-c2cc(OC)c(OC)c(OC)c2)cc1C=O. The minimum Gasteiger partial charge on any atom is -0.496 e. The van der Waals surface area contributed by atoms with Gasteiger partial charge in [-0.05, 0) is 29.8 Å². The standard InChI is InChI=1S/C21H21N3O5/c1-26-16-6-5-12(7-14(16)11-25)15-10-23-21(22)24-19(15)13-8-17(27-2)20(29-4)18(9-13)28-3/h5-11H,1-4H3,(H2,22,23,24). The molecule has 150 valence electrons. The van der Waals surface area contributed by atoms with Gasteiger partial charge in [-0.3, -0.25) is 4.79 Å². The molecule has 3 rings (SSSR count). The molecular formula is C21H21N3O5. The van der Waals surface area contributed by atoms with E-state index in [1.165, 1.54) is 28.4 Å². The van der Waals surface area contributed by atoms with Crippen LogP contribution in [0.3, 0.4) is 0 Å². The fourth-order valence-electron chi connectivity index (χ4n) is 3.04. The molecule has 0 saturated carbocycles. The zero-order valence-corrected chi connectivity index (χ0v) is 16.6. The molecule has 8 heteroatoms. The second kappa shape index (κ2) is 8.47. The van der Waals surface area contributed by atoms with Gasteiger partial charge in [-0.15, -0.1) is 0 Å². The number of nitrogens with two attached hydrogens (primary N) is 1. The number of nitrogens with zero attached hydrogens (tertiary/aromatic N) is 2. The molecule has 8 nitrogen and oxygen atoms in total. The second-order valence-corrected chi connectivity index (χ2v) is 5.98. The topological polar surface area (TPSA) is 106 Å².